The van der Waals surface area contributed by atoms with E-state index in [4.69, 9.17) is 0 Å². The van der Waals surface area contributed by atoms with Gasteiger partial charge in [0.05, 0.1) is 0 Å². The van der Waals surface area contributed by atoms with Gasteiger partial charge in [-0.15, -0.1) is 0 Å². The molecule has 0 aliphatic heterocycles. The molecule has 1 amide bonds. The van der Waals surface area contributed by atoms with E-state index >= 15 is 0 Å². The first-order valence-electron chi connectivity index (χ1n) is 6.41. The molecular formula is C14H20N2O. The summed E-state index contributed by atoms with van der Waals surface area (Å²) in [7, 11) is 0. The number of hydrogen-bond donors (Lipinski definition) is 2. The molecule has 0 radical (unpaired) electrons. The third-order valence-corrected chi connectivity index (χ3v) is 3.30. The first-order valence-corrected chi connectivity index (χ1v) is 6.41. The topological polar surface area (TPSA) is 41.1 Å². The Balaban J connectivity index is 1.84. The van der Waals surface area contributed by atoms with Crippen LogP contribution in [-0.2, 0) is 0 Å². The van der Waals surface area contributed by atoms with Crippen molar-refractivity contribution in [2.75, 3.05) is 18.4 Å². The third kappa shape index (κ3) is 3.22. The van der Waals surface area contributed by atoms with Gasteiger partial charge in [-0.2, -0.15) is 0 Å². The summed E-state index contributed by atoms with van der Waals surface area (Å²) >= 11 is 0. The average Bonchev–Trinajstić information content (AvgIpc) is 2.28. The largest absolute Gasteiger partial charge is 0.385 e. The smallest absolute Gasteiger partial charge is 0.251 e. The summed E-state index contributed by atoms with van der Waals surface area (Å²) in [6.07, 6.45) is 3.84. The van der Waals surface area contributed by atoms with Crippen LogP contribution in [0.3, 0.4) is 0 Å². The fraction of sp³-hybridized carbons (Fsp3) is 0.500. The quantitative estimate of drug-likeness (QED) is 0.819. The zero-order valence-corrected chi connectivity index (χ0v) is 10.3. The Bertz CT molecular complexity index is 368. The highest BCUT2D eigenvalue weighted by Gasteiger charge is 2.18. The van der Waals surface area contributed by atoms with Gasteiger partial charge < -0.3 is 10.6 Å². The fourth-order valence-corrected chi connectivity index (χ4v) is 1.98. The lowest BCUT2D eigenvalue weighted by atomic mass is 9.85. The predicted octanol–water partition coefficient (Wildman–Crippen LogP) is 2.65. The first-order chi connectivity index (χ1) is 8.29. The highest BCUT2D eigenvalue weighted by molar-refractivity contribution is 5.94. The Morgan fingerprint density at radius 1 is 1.29 bits per heavy atom. The fourth-order valence-electron chi connectivity index (χ4n) is 1.98. The number of amides is 1. The van der Waals surface area contributed by atoms with Crippen LogP contribution < -0.4 is 10.6 Å². The van der Waals surface area contributed by atoms with E-state index in [1.165, 1.54) is 19.3 Å². The van der Waals surface area contributed by atoms with Gasteiger partial charge in [-0.05, 0) is 49.9 Å². The van der Waals surface area contributed by atoms with E-state index < -0.39 is 0 Å². The lowest BCUT2D eigenvalue weighted by Crippen LogP contribution is -2.32. The molecule has 0 heterocycles. The summed E-state index contributed by atoms with van der Waals surface area (Å²) in [5.74, 6) is 0.750. The lowest BCUT2D eigenvalue weighted by molar-refractivity contribution is 0.0939. The molecule has 1 aromatic carbocycles. The van der Waals surface area contributed by atoms with Gasteiger partial charge in [0.2, 0.25) is 0 Å². The summed E-state index contributed by atoms with van der Waals surface area (Å²) in [5.41, 5.74) is 1.80. The maximum atomic E-state index is 11.8. The van der Waals surface area contributed by atoms with Gasteiger partial charge in [-0.1, -0.05) is 6.42 Å². The van der Waals surface area contributed by atoms with Gasteiger partial charge in [-0.25, -0.2) is 0 Å². The van der Waals surface area contributed by atoms with Crippen LogP contribution >= 0.6 is 0 Å². The molecule has 0 atom stereocenters. The van der Waals surface area contributed by atoms with E-state index in [1.54, 1.807) is 0 Å². The van der Waals surface area contributed by atoms with Gasteiger partial charge >= 0.3 is 0 Å². The van der Waals surface area contributed by atoms with Gasteiger partial charge in [-0.3, -0.25) is 4.79 Å². The number of carbonyl (C=O) groups excluding carboxylic acids is 1. The maximum absolute atomic E-state index is 11.8. The number of anilines is 1. The van der Waals surface area contributed by atoms with E-state index in [0.29, 0.717) is 5.92 Å². The molecule has 0 aromatic heterocycles. The van der Waals surface area contributed by atoms with Crippen LogP contribution in [0.25, 0.3) is 0 Å². The van der Waals surface area contributed by atoms with E-state index in [0.717, 1.165) is 24.3 Å². The van der Waals surface area contributed by atoms with Gasteiger partial charge in [0.1, 0.15) is 0 Å². The summed E-state index contributed by atoms with van der Waals surface area (Å²) < 4.78 is 0. The van der Waals surface area contributed by atoms with E-state index in [-0.39, 0.29) is 5.91 Å². The number of nitrogens with one attached hydrogen (secondary N) is 2. The Morgan fingerprint density at radius 2 is 2.00 bits per heavy atom. The van der Waals surface area contributed by atoms with Crippen molar-refractivity contribution in [3.8, 4) is 0 Å². The van der Waals surface area contributed by atoms with Crippen LogP contribution in [0, 0.1) is 5.92 Å². The van der Waals surface area contributed by atoms with Crippen LogP contribution in [0.1, 0.15) is 36.5 Å². The van der Waals surface area contributed by atoms with Crippen LogP contribution in [-0.4, -0.2) is 19.0 Å². The second kappa shape index (κ2) is 5.71. The molecule has 1 aliphatic carbocycles. The van der Waals surface area contributed by atoms with Crippen molar-refractivity contribution in [2.45, 2.75) is 26.2 Å². The second-order valence-corrected chi connectivity index (χ2v) is 4.61. The summed E-state index contributed by atoms with van der Waals surface area (Å²) in [6, 6.07) is 7.63. The van der Waals surface area contributed by atoms with Crippen molar-refractivity contribution in [1.82, 2.24) is 5.32 Å². The molecule has 0 bridgehead atoms. The van der Waals surface area contributed by atoms with Crippen molar-refractivity contribution in [3.05, 3.63) is 29.8 Å². The molecule has 17 heavy (non-hydrogen) atoms. The number of rotatable bonds is 5. The summed E-state index contributed by atoms with van der Waals surface area (Å²) in [5, 5.41) is 6.20. The number of hydrogen-bond acceptors (Lipinski definition) is 2. The summed E-state index contributed by atoms with van der Waals surface area (Å²) in [6.45, 7) is 3.78. The second-order valence-electron chi connectivity index (χ2n) is 4.61. The van der Waals surface area contributed by atoms with Crippen molar-refractivity contribution < 1.29 is 4.79 Å². The number of benzene rings is 1. The number of carbonyl (C=O) groups is 1. The highest BCUT2D eigenvalue weighted by atomic mass is 16.1. The van der Waals surface area contributed by atoms with Crippen molar-refractivity contribution >= 4 is 11.6 Å². The minimum Gasteiger partial charge on any atom is -0.385 e. The van der Waals surface area contributed by atoms with Crippen molar-refractivity contribution in [3.63, 3.8) is 0 Å². The molecule has 0 unspecified atom stereocenters. The Labute approximate surface area is 103 Å². The molecular weight excluding hydrogens is 212 g/mol. The molecule has 3 heteroatoms. The molecule has 0 saturated heterocycles. The predicted molar refractivity (Wildman–Crippen MR) is 70.3 cm³/mol. The molecule has 3 nitrogen and oxygen atoms in total. The molecule has 1 saturated carbocycles. The van der Waals surface area contributed by atoms with E-state index in [9.17, 15) is 4.79 Å². The van der Waals surface area contributed by atoms with Gasteiger partial charge in [0, 0.05) is 24.3 Å². The molecule has 0 spiro atoms. The van der Waals surface area contributed by atoms with Crippen molar-refractivity contribution in [1.29, 1.82) is 0 Å². The molecule has 2 rings (SSSR count). The third-order valence-electron chi connectivity index (χ3n) is 3.30. The van der Waals surface area contributed by atoms with Crippen LogP contribution in [0.5, 0.6) is 0 Å². The maximum Gasteiger partial charge on any atom is 0.251 e. The zero-order valence-electron chi connectivity index (χ0n) is 10.3. The Morgan fingerprint density at radius 3 is 2.53 bits per heavy atom. The van der Waals surface area contributed by atoms with E-state index in [1.807, 2.05) is 24.3 Å². The minimum absolute atomic E-state index is 0.0416. The Hall–Kier alpha value is -1.51. The first kappa shape index (κ1) is 12.0. The molecule has 1 fully saturated rings. The highest BCUT2D eigenvalue weighted by Crippen LogP contribution is 2.25. The van der Waals surface area contributed by atoms with Gasteiger partial charge in [0.15, 0.2) is 0 Å². The zero-order chi connectivity index (χ0) is 12.1. The monoisotopic (exact) mass is 232 g/mol. The van der Waals surface area contributed by atoms with Crippen LogP contribution in [0.4, 0.5) is 5.69 Å². The molecule has 2 N–H and O–H groups in total. The normalized spacial score (nSPS) is 15.1. The SMILES string of the molecule is CCNc1ccc(C(=O)NCC2CCC2)cc1. The minimum atomic E-state index is 0.0416. The molecule has 1 aromatic rings. The standard InChI is InChI=1S/C14H20N2O/c1-2-15-13-8-6-12(7-9-13)14(17)16-10-11-4-3-5-11/h6-9,11,15H,2-5,10H2,1H3,(H,16,17). The van der Waals surface area contributed by atoms with Crippen LogP contribution in [0.15, 0.2) is 24.3 Å². The average molecular weight is 232 g/mol. The Kier molecular flexibility index (Phi) is 4.02. The van der Waals surface area contributed by atoms with Crippen LogP contribution in [0.2, 0.25) is 0 Å². The lowest BCUT2D eigenvalue weighted by Gasteiger charge is -2.25. The summed E-state index contributed by atoms with van der Waals surface area (Å²) in [4.78, 5) is 11.8. The van der Waals surface area contributed by atoms with Crippen molar-refractivity contribution in [2.24, 2.45) is 5.92 Å². The van der Waals surface area contributed by atoms with E-state index in [2.05, 4.69) is 17.6 Å². The molecule has 1 aliphatic rings. The molecule has 92 valence electrons. The van der Waals surface area contributed by atoms with Gasteiger partial charge in [0.25, 0.3) is 5.91 Å².